The molecule has 2 N–H and O–H groups in total. The van der Waals surface area contributed by atoms with Gasteiger partial charge >= 0.3 is 6.03 Å². The number of halogens is 2. The van der Waals surface area contributed by atoms with Gasteiger partial charge in [-0.1, -0.05) is 12.1 Å². The summed E-state index contributed by atoms with van der Waals surface area (Å²) in [5.41, 5.74) is 1.55. The predicted octanol–water partition coefficient (Wildman–Crippen LogP) is 4.43. The summed E-state index contributed by atoms with van der Waals surface area (Å²) in [6.07, 6.45) is 2.31. The standard InChI is InChI=1S/C19H19F2N3O2/c1-12-8-9-13(11-16(12)24-10-3-2-7-17(24)25)22-19(26)23-18-14(20)5-4-6-15(18)21/h4-6,8-9,11H,2-3,7,10H2,1H3,(H2,22,23,26). The number of para-hydroxylation sites is 1. The van der Waals surface area contributed by atoms with Gasteiger partial charge < -0.3 is 15.5 Å². The largest absolute Gasteiger partial charge is 0.323 e. The molecule has 2 aromatic carbocycles. The Morgan fingerprint density at radius 3 is 2.50 bits per heavy atom. The zero-order valence-corrected chi connectivity index (χ0v) is 14.3. The number of nitrogens with zero attached hydrogens (tertiary/aromatic N) is 1. The molecule has 0 spiro atoms. The molecule has 1 fully saturated rings. The van der Waals surface area contributed by atoms with E-state index in [4.69, 9.17) is 0 Å². The first-order valence-electron chi connectivity index (χ1n) is 8.39. The summed E-state index contributed by atoms with van der Waals surface area (Å²) in [5.74, 6) is -1.67. The van der Waals surface area contributed by atoms with Crippen LogP contribution in [-0.4, -0.2) is 18.5 Å². The average Bonchev–Trinajstić information content (AvgIpc) is 2.61. The molecular formula is C19H19F2N3O2. The van der Waals surface area contributed by atoms with E-state index in [9.17, 15) is 18.4 Å². The molecule has 3 rings (SSSR count). The average molecular weight is 359 g/mol. The van der Waals surface area contributed by atoms with Crippen LogP contribution in [0.5, 0.6) is 0 Å². The maximum absolute atomic E-state index is 13.6. The molecule has 0 bridgehead atoms. The summed E-state index contributed by atoms with van der Waals surface area (Å²) in [4.78, 5) is 25.9. The number of rotatable bonds is 3. The molecule has 1 aliphatic heterocycles. The summed E-state index contributed by atoms with van der Waals surface area (Å²) in [6, 6.07) is 7.72. The topological polar surface area (TPSA) is 61.4 Å². The second kappa shape index (κ2) is 7.51. The fourth-order valence-electron chi connectivity index (χ4n) is 2.93. The molecule has 1 heterocycles. The third-order valence-corrected chi connectivity index (χ3v) is 4.28. The number of anilines is 3. The van der Waals surface area contributed by atoms with Crippen LogP contribution in [0.1, 0.15) is 24.8 Å². The van der Waals surface area contributed by atoms with Crippen LogP contribution in [0.3, 0.4) is 0 Å². The van der Waals surface area contributed by atoms with Crippen LogP contribution in [0, 0.1) is 18.6 Å². The van der Waals surface area contributed by atoms with Crippen molar-refractivity contribution < 1.29 is 18.4 Å². The van der Waals surface area contributed by atoms with Crippen molar-refractivity contribution >= 4 is 29.0 Å². The van der Waals surface area contributed by atoms with Gasteiger partial charge in [0.05, 0.1) is 0 Å². The second-order valence-corrected chi connectivity index (χ2v) is 6.18. The Hall–Kier alpha value is -2.96. The molecule has 136 valence electrons. The number of hydrogen-bond acceptors (Lipinski definition) is 2. The van der Waals surface area contributed by atoms with Crippen molar-refractivity contribution in [3.8, 4) is 0 Å². The Morgan fingerprint density at radius 2 is 1.81 bits per heavy atom. The van der Waals surface area contributed by atoms with Gasteiger partial charge in [-0.25, -0.2) is 13.6 Å². The number of aryl methyl sites for hydroxylation is 1. The van der Waals surface area contributed by atoms with Crippen LogP contribution in [0.15, 0.2) is 36.4 Å². The van der Waals surface area contributed by atoms with E-state index in [1.54, 1.807) is 23.1 Å². The van der Waals surface area contributed by atoms with Gasteiger partial charge in [0.1, 0.15) is 17.3 Å². The minimum absolute atomic E-state index is 0.0504. The zero-order valence-electron chi connectivity index (χ0n) is 14.3. The molecule has 0 aliphatic carbocycles. The number of nitrogens with one attached hydrogen (secondary N) is 2. The third kappa shape index (κ3) is 3.82. The highest BCUT2D eigenvalue weighted by Gasteiger charge is 2.21. The van der Waals surface area contributed by atoms with E-state index < -0.39 is 23.4 Å². The van der Waals surface area contributed by atoms with E-state index in [1.807, 2.05) is 6.92 Å². The molecular weight excluding hydrogens is 340 g/mol. The Morgan fingerprint density at radius 1 is 1.08 bits per heavy atom. The summed E-state index contributed by atoms with van der Waals surface area (Å²) in [6.45, 7) is 2.52. The minimum Gasteiger partial charge on any atom is -0.312 e. The number of carbonyl (C=O) groups is 2. The number of carbonyl (C=O) groups excluding carboxylic acids is 2. The molecule has 0 radical (unpaired) electrons. The zero-order chi connectivity index (χ0) is 18.7. The molecule has 3 amide bonds. The van der Waals surface area contributed by atoms with E-state index in [-0.39, 0.29) is 5.91 Å². The fraction of sp³-hybridized carbons (Fsp3) is 0.263. The monoisotopic (exact) mass is 359 g/mol. The van der Waals surface area contributed by atoms with Gasteiger partial charge in [0, 0.05) is 24.3 Å². The van der Waals surface area contributed by atoms with Gasteiger partial charge in [-0.15, -0.1) is 0 Å². The van der Waals surface area contributed by atoms with Gasteiger partial charge in [-0.2, -0.15) is 0 Å². The summed E-state index contributed by atoms with van der Waals surface area (Å²) in [7, 11) is 0. The van der Waals surface area contributed by atoms with Crippen LogP contribution in [0.2, 0.25) is 0 Å². The van der Waals surface area contributed by atoms with Crippen molar-refractivity contribution in [1.29, 1.82) is 0 Å². The quantitative estimate of drug-likeness (QED) is 0.851. The number of piperidine rings is 1. The summed E-state index contributed by atoms with van der Waals surface area (Å²) < 4.78 is 27.3. The first-order valence-corrected chi connectivity index (χ1v) is 8.39. The SMILES string of the molecule is Cc1ccc(NC(=O)Nc2c(F)cccc2F)cc1N1CCCCC1=O. The number of hydrogen-bond donors (Lipinski definition) is 2. The normalized spacial score (nSPS) is 14.3. The highest BCUT2D eigenvalue weighted by atomic mass is 19.1. The summed E-state index contributed by atoms with van der Waals surface area (Å²) >= 11 is 0. The molecule has 5 nitrogen and oxygen atoms in total. The van der Waals surface area contributed by atoms with Crippen molar-refractivity contribution in [3.05, 3.63) is 53.6 Å². The van der Waals surface area contributed by atoms with Crippen LogP contribution >= 0.6 is 0 Å². The van der Waals surface area contributed by atoms with Gasteiger partial charge in [0.25, 0.3) is 0 Å². The molecule has 1 saturated heterocycles. The smallest absolute Gasteiger partial charge is 0.312 e. The van der Waals surface area contributed by atoms with E-state index in [2.05, 4.69) is 10.6 Å². The van der Waals surface area contributed by atoms with Crippen molar-refractivity contribution in [2.75, 3.05) is 22.1 Å². The van der Waals surface area contributed by atoms with E-state index in [1.165, 1.54) is 6.07 Å². The summed E-state index contributed by atoms with van der Waals surface area (Å²) in [5, 5.41) is 4.71. The van der Waals surface area contributed by atoms with Crippen molar-refractivity contribution in [2.45, 2.75) is 26.2 Å². The van der Waals surface area contributed by atoms with Crippen LogP contribution < -0.4 is 15.5 Å². The Balaban J connectivity index is 1.77. The Bertz CT molecular complexity index is 834. The second-order valence-electron chi connectivity index (χ2n) is 6.18. The molecule has 0 unspecified atom stereocenters. The lowest BCUT2D eigenvalue weighted by molar-refractivity contribution is -0.119. The highest BCUT2D eigenvalue weighted by molar-refractivity contribution is 6.01. The number of benzene rings is 2. The minimum atomic E-state index is -0.858. The lowest BCUT2D eigenvalue weighted by Crippen LogP contribution is -2.35. The molecule has 0 atom stereocenters. The van der Waals surface area contributed by atoms with E-state index in [0.29, 0.717) is 18.7 Å². The van der Waals surface area contributed by atoms with E-state index in [0.717, 1.165) is 36.2 Å². The molecule has 0 saturated carbocycles. The predicted molar refractivity (Wildman–Crippen MR) is 96.4 cm³/mol. The fourth-order valence-corrected chi connectivity index (χ4v) is 2.93. The highest BCUT2D eigenvalue weighted by Crippen LogP contribution is 2.28. The molecule has 2 aromatic rings. The van der Waals surface area contributed by atoms with Crippen LogP contribution in [0.4, 0.5) is 30.6 Å². The van der Waals surface area contributed by atoms with Crippen molar-refractivity contribution in [1.82, 2.24) is 0 Å². The lowest BCUT2D eigenvalue weighted by Gasteiger charge is -2.28. The molecule has 0 aromatic heterocycles. The number of amides is 3. The van der Waals surface area contributed by atoms with Crippen molar-refractivity contribution in [3.63, 3.8) is 0 Å². The first kappa shape index (κ1) is 17.8. The Kier molecular flexibility index (Phi) is 5.16. The first-order chi connectivity index (χ1) is 12.5. The maximum atomic E-state index is 13.6. The molecule has 1 aliphatic rings. The van der Waals surface area contributed by atoms with Gasteiger partial charge in [0.15, 0.2) is 0 Å². The Labute approximate surface area is 150 Å². The lowest BCUT2D eigenvalue weighted by atomic mass is 10.1. The molecule has 26 heavy (non-hydrogen) atoms. The third-order valence-electron chi connectivity index (χ3n) is 4.28. The maximum Gasteiger partial charge on any atom is 0.323 e. The van der Waals surface area contributed by atoms with Crippen LogP contribution in [-0.2, 0) is 4.79 Å². The van der Waals surface area contributed by atoms with Gasteiger partial charge in [0.2, 0.25) is 5.91 Å². The van der Waals surface area contributed by atoms with Gasteiger partial charge in [-0.3, -0.25) is 4.79 Å². The number of urea groups is 1. The van der Waals surface area contributed by atoms with Crippen LogP contribution in [0.25, 0.3) is 0 Å². The van der Waals surface area contributed by atoms with Crippen molar-refractivity contribution in [2.24, 2.45) is 0 Å². The molecule has 7 heteroatoms. The van der Waals surface area contributed by atoms with E-state index >= 15 is 0 Å². The van der Waals surface area contributed by atoms with Gasteiger partial charge in [-0.05, 0) is 49.6 Å².